The first-order valence-corrected chi connectivity index (χ1v) is 8.79. The fraction of sp³-hybridized carbons (Fsp3) is 0.579. The molecule has 0 heterocycles. The lowest BCUT2D eigenvalue weighted by Crippen LogP contribution is -2.31. The second-order valence-corrected chi connectivity index (χ2v) is 6.10. The van der Waals surface area contributed by atoms with E-state index in [1.54, 1.807) is 0 Å². The van der Waals surface area contributed by atoms with Gasteiger partial charge in [-0.05, 0) is 43.0 Å². The number of carbonyl (C=O) groups is 2. The van der Waals surface area contributed by atoms with Crippen LogP contribution in [0.3, 0.4) is 0 Å². The molecule has 0 aliphatic carbocycles. The monoisotopic (exact) mass is 351 g/mol. The van der Waals surface area contributed by atoms with E-state index in [-0.39, 0.29) is 25.7 Å². The third-order valence-corrected chi connectivity index (χ3v) is 3.29. The van der Waals surface area contributed by atoms with E-state index in [0.717, 1.165) is 18.6 Å². The van der Waals surface area contributed by atoms with Gasteiger partial charge in [-0.25, -0.2) is 0 Å². The number of hydrogen-bond acceptors (Lipinski definition) is 5. The number of nitrogens with one attached hydrogen (secondary N) is 1. The lowest BCUT2D eigenvalue weighted by Gasteiger charge is -2.09. The zero-order valence-corrected chi connectivity index (χ0v) is 15.4. The molecule has 1 aromatic carbocycles. The molecule has 0 spiro atoms. The van der Waals surface area contributed by atoms with Gasteiger partial charge >= 0.3 is 5.97 Å². The van der Waals surface area contributed by atoms with Gasteiger partial charge in [0.05, 0.1) is 6.61 Å². The van der Waals surface area contributed by atoms with Crippen molar-refractivity contribution in [3.8, 4) is 11.5 Å². The van der Waals surface area contributed by atoms with E-state index in [4.69, 9.17) is 14.2 Å². The Hall–Kier alpha value is -2.24. The summed E-state index contributed by atoms with van der Waals surface area (Å²) in [5, 5.41) is 2.55. The Morgan fingerprint density at radius 2 is 1.60 bits per heavy atom. The molecule has 6 nitrogen and oxygen atoms in total. The molecule has 6 heteroatoms. The topological polar surface area (TPSA) is 73.9 Å². The summed E-state index contributed by atoms with van der Waals surface area (Å²) in [5.41, 5.74) is 0. The molecule has 0 aliphatic heterocycles. The molecule has 0 aromatic heterocycles. The molecule has 0 aliphatic rings. The number of esters is 1. The van der Waals surface area contributed by atoms with Crippen LogP contribution in [0.2, 0.25) is 0 Å². The Morgan fingerprint density at radius 3 is 2.16 bits per heavy atom. The average Bonchev–Trinajstić information content (AvgIpc) is 2.61. The first kappa shape index (κ1) is 20.8. The van der Waals surface area contributed by atoms with Gasteiger partial charge in [-0.3, -0.25) is 9.59 Å². The van der Waals surface area contributed by atoms with Crippen LogP contribution in [0.5, 0.6) is 11.5 Å². The van der Waals surface area contributed by atoms with Crippen molar-refractivity contribution in [2.24, 2.45) is 5.92 Å². The van der Waals surface area contributed by atoms with Crippen molar-refractivity contribution < 1.29 is 23.8 Å². The van der Waals surface area contributed by atoms with Crippen LogP contribution in [0.1, 0.15) is 40.0 Å². The molecule has 0 saturated carbocycles. The number of benzene rings is 1. The van der Waals surface area contributed by atoms with E-state index < -0.39 is 5.97 Å². The van der Waals surface area contributed by atoms with Crippen LogP contribution >= 0.6 is 0 Å². The van der Waals surface area contributed by atoms with Crippen molar-refractivity contribution in [3.05, 3.63) is 24.3 Å². The highest BCUT2D eigenvalue weighted by Crippen LogP contribution is 2.17. The van der Waals surface area contributed by atoms with Crippen molar-refractivity contribution in [2.75, 3.05) is 26.4 Å². The van der Waals surface area contributed by atoms with Crippen molar-refractivity contribution in [2.45, 2.75) is 40.0 Å². The van der Waals surface area contributed by atoms with Gasteiger partial charge in [0.2, 0.25) is 5.91 Å². The lowest BCUT2D eigenvalue weighted by atomic mass is 10.1. The normalized spacial score (nSPS) is 10.4. The van der Waals surface area contributed by atoms with Gasteiger partial charge in [0.25, 0.3) is 0 Å². The number of hydrogen-bond donors (Lipinski definition) is 1. The molecule has 0 unspecified atom stereocenters. The Kier molecular flexibility index (Phi) is 10.1. The molecule has 0 atom stereocenters. The summed E-state index contributed by atoms with van der Waals surface area (Å²) in [4.78, 5) is 23.0. The molecule has 140 valence electrons. The summed E-state index contributed by atoms with van der Waals surface area (Å²) in [5.74, 6) is 1.34. The van der Waals surface area contributed by atoms with Gasteiger partial charge in [0.15, 0.2) is 0 Å². The minimum Gasteiger partial charge on any atom is -0.494 e. The van der Waals surface area contributed by atoms with E-state index >= 15 is 0 Å². The van der Waals surface area contributed by atoms with Gasteiger partial charge < -0.3 is 19.5 Å². The van der Waals surface area contributed by atoms with Crippen LogP contribution in [0, 0.1) is 5.92 Å². The highest BCUT2D eigenvalue weighted by atomic mass is 16.6. The quantitative estimate of drug-likeness (QED) is 0.463. The molecule has 0 fully saturated rings. The summed E-state index contributed by atoms with van der Waals surface area (Å²) >= 11 is 0. The molecule has 0 bridgehead atoms. The number of carbonyl (C=O) groups excluding carboxylic acids is 2. The van der Waals surface area contributed by atoms with Crippen molar-refractivity contribution in [1.29, 1.82) is 0 Å². The number of rotatable bonds is 12. The molecular formula is C19H29NO5. The minimum atomic E-state index is -0.468. The highest BCUT2D eigenvalue weighted by Gasteiger charge is 2.07. The summed E-state index contributed by atoms with van der Waals surface area (Å²) in [6.07, 6.45) is 2.19. The van der Waals surface area contributed by atoms with E-state index in [2.05, 4.69) is 12.2 Å². The summed E-state index contributed by atoms with van der Waals surface area (Å²) in [6.45, 7) is 7.11. The summed E-state index contributed by atoms with van der Waals surface area (Å²) in [7, 11) is 0. The van der Waals surface area contributed by atoms with E-state index in [0.29, 0.717) is 24.7 Å². The van der Waals surface area contributed by atoms with Crippen LogP contribution in [0.25, 0.3) is 0 Å². The molecule has 1 rings (SSSR count). The lowest BCUT2D eigenvalue weighted by molar-refractivity contribution is -0.144. The highest BCUT2D eigenvalue weighted by molar-refractivity contribution is 5.81. The average molecular weight is 351 g/mol. The molecule has 1 N–H and O–H groups in total. The van der Waals surface area contributed by atoms with Gasteiger partial charge in [0.1, 0.15) is 31.3 Å². The van der Waals surface area contributed by atoms with Crippen molar-refractivity contribution in [1.82, 2.24) is 5.32 Å². The molecule has 0 saturated heterocycles. The molecule has 1 aromatic rings. The molecule has 25 heavy (non-hydrogen) atoms. The van der Waals surface area contributed by atoms with E-state index in [9.17, 15) is 9.59 Å². The number of ether oxygens (including phenoxy) is 3. The minimum absolute atomic E-state index is 0.111. The van der Waals surface area contributed by atoms with Gasteiger partial charge in [-0.2, -0.15) is 0 Å². The van der Waals surface area contributed by atoms with Crippen LogP contribution in [0.4, 0.5) is 0 Å². The Morgan fingerprint density at radius 1 is 1.00 bits per heavy atom. The maximum atomic E-state index is 11.5. The van der Waals surface area contributed by atoms with Gasteiger partial charge in [-0.1, -0.05) is 20.8 Å². The second-order valence-electron chi connectivity index (χ2n) is 6.10. The first-order valence-electron chi connectivity index (χ1n) is 8.79. The van der Waals surface area contributed by atoms with Crippen molar-refractivity contribution >= 4 is 11.9 Å². The summed E-state index contributed by atoms with van der Waals surface area (Å²) < 4.78 is 16.0. The first-order chi connectivity index (χ1) is 12.0. The van der Waals surface area contributed by atoms with Crippen LogP contribution in [0.15, 0.2) is 24.3 Å². The SMILES string of the molecule is CCCOc1ccc(OCCOC(=O)CNC(=O)CCC(C)C)cc1. The largest absolute Gasteiger partial charge is 0.494 e. The maximum absolute atomic E-state index is 11.5. The zero-order valence-electron chi connectivity index (χ0n) is 15.4. The van der Waals surface area contributed by atoms with Crippen LogP contribution in [-0.2, 0) is 14.3 Å². The van der Waals surface area contributed by atoms with Crippen LogP contribution in [-0.4, -0.2) is 38.2 Å². The third kappa shape index (κ3) is 10.3. The summed E-state index contributed by atoms with van der Waals surface area (Å²) in [6, 6.07) is 7.29. The molecular weight excluding hydrogens is 322 g/mol. The molecule has 1 amide bonds. The Labute approximate surface area is 149 Å². The molecule has 0 radical (unpaired) electrons. The van der Waals surface area contributed by atoms with Crippen LogP contribution < -0.4 is 14.8 Å². The van der Waals surface area contributed by atoms with E-state index in [1.807, 2.05) is 38.1 Å². The number of amides is 1. The Balaban J connectivity index is 2.12. The predicted molar refractivity (Wildman–Crippen MR) is 95.8 cm³/mol. The van der Waals surface area contributed by atoms with Crippen molar-refractivity contribution in [3.63, 3.8) is 0 Å². The van der Waals surface area contributed by atoms with Gasteiger partial charge in [0, 0.05) is 6.42 Å². The maximum Gasteiger partial charge on any atom is 0.325 e. The zero-order chi connectivity index (χ0) is 18.5. The standard InChI is InChI=1S/C19H29NO5/c1-4-11-23-16-6-8-17(9-7-16)24-12-13-25-19(22)14-20-18(21)10-5-15(2)3/h6-9,15H,4-5,10-14H2,1-3H3,(H,20,21). The predicted octanol–water partition coefficient (Wildman–Crippen LogP) is 2.95. The van der Waals surface area contributed by atoms with Gasteiger partial charge in [-0.15, -0.1) is 0 Å². The third-order valence-electron chi connectivity index (χ3n) is 3.29. The fourth-order valence-electron chi connectivity index (χ4n) is 1.90. The smallest absolute Gasteiger partial charge is 0.325 e. The fourth-order valence-corrected chi connectivity index (χ4v) is 1.90. The Bertz CT molecular complexity index is 513. The second kappa shape index (κ2) is 12.2. The van der Waals surface area contributed by atoms with E-state index in [1.165, 1.54) is 0 Å².